The van der Waals surface area contributed by atoms with Gasteiger partial charge >= 0.3 is 6.03 Å². The molecule has 8 heteroatoms. The molecule has 0 aliphatic rings. The van der Waals surface area contributed by atoms with Crippen LogP contribution in [0.3, 0.4) is 0 Å². The molecule has 4 N–H and O–H groups in total. The molecule has 0 unspecified atom stereocenters. The number of phosphoric acid groups is 1. The summed E-state index contributed by atoms with van der Waals surface area (Å²) in [6.45, 7) is 0. The van der Waals surface area contributed by atoms with E-state index in [1.807, 2.05) is 0 Å². The second-order valence-electron chi connectivity index (χ2n) is 0.850. The average Bonchev–Trinajstić information content (AvgIpc) is 1.19. The lowest BCUT2D eigenvalue weighted by molar-refractivity contribution is -0.432. The highest BCUT2D eigenvalue weighted by molar-refractivity contribution is 7.40. The molecule has 9 heavy (non-hydrogen) atoms. The summed E-state index contributed by atoms with van der Waals surface area (Å²) in [5.41, 5.74) is 8.50. The van der Waals surface area contributed by atoms with Gasteiger partial charge in [-0.05, 0) is 0 Å². The van der Waals surface area contributed by atoms with E-state index in [-0.39, 0.29) is 0 Å². The Labute approximate surface area is 50.5 Å². The van der Waals surface area contributed by atoms with E-state index in [2.05, 4.69) is 11.5 Å². The minimum absolute atomic E-state index is 0.833. The van der Waals surface area contributed by atoms with Crippen LogP contribution in [0.15, 0.2) is 0 Å². The first-order valence-corrected chi connectivity index (χ1v) is 2.97. The number of urea groups is 1. The van der Waals surface area contributed by atoms with Crippen molar-refractivity contribution in [1.82, 2.24) is 0 Å². The second-order valence-corrected chi connectivity index (χ2v) is 1.74. The van der Waals surface area contributed by atoms with E-state index in [1.54, 1.807) is 0 Å². The van der Waals surface area contributed by atoms with E-state index in [9.17, 15) is 0 Å². The molecule has 0 saturated heterocycles. The van der Waals surface area contributed by atoms with Crippen molar-refractivity contribution in [1.29, 1.82) is 0 Å². The van der Waals surface area contributed by atoms with Crippen LogP contribution in [0.5, 0.6) is 0 Å². The van der Waals surface area contributed by atoms with Crippen LogP contribution in [-0.4, -0.2) is 6.03 Å². The number of carbonyl (C=O) groups excluding carboxylic acids is 1. The van der Waals surface area contributed by atoms with Gasteiger partial charge in [0, 0.05) is 0 Å². The SMILES string of the molecule is NC(N)=O.O=P([O-])([O-])[O-]. The molecule has 0 spiro atoms. The third-order valence-electron chi connectivity index (χ3n) is 0. The smallest absolute Gasteiger partial charge is 0.309 e. The van der Waals surface area contributed by atoms with Gasteiger partial charge in [0.2, 0.25) is 0 Å². The maximum atomic E-state index is 9.00. The molecule has 0 bridgehead atoms. The minimum Gasteiger partial charge on any atom is -0.822 e. The van der Waals surface area contributed by atoms with Crippen LogP contribution in [0.25, 0.3) is 0 Å². The van der Waals surface area contributed by atoms with Crippen LogP contribution >= 0.6 is 7.82 Å². The van der Waals surface area contributed by atoms with Crippen molar-refractivity contribution in [3.63, 3.8) is 0 Å². The van der Waals surface area contributed by atoms with Gasteiger partial charge in [0.15, 0.2) is 0 Å². The zero-order valence-electron chi connectivity index (χ0n) is 4.14. The highest BCUT2D eigenvalue weighted by Crippen LogP contribution is 2.03. The largest absolute Gasteiger partial charge is 0.822 e. The molecule has 0 heterocycles. The third kappa shape index (κ3) is 556. The minimum atomic E-state index is -5.39. The zero-order chi connectivity index (χ0) is 8.08. The summed E-state index contributed by atoms with van der Waals surface area (Å²) in [7, 11) is -5.39. The van der Waals surface area contributed by atoms with Crippen molar-refractivity contribution in [2.45, 2.75) is 0 Å². The van der Waals surface area contributed by atoms with Crippen molar-refractivity contribution in [3.8, 4) is 0 Å². The Balaban J connectivity index is 0. The molecular formula is CH4N2O5P-3. The van der Waals surface area contributed by atoms with Gasteiger partial charge in [-0.25, -0.2) is 4.79 Å². The quantitative estimate of drug-likeness (QED) is 0.343. The zero-order valence-corrected chi connectivity index (χ0v) is 5.04. The van der Waals surface area contributed by atoms with Crippen molar-refractivity contribution < 1.29 is 24.0 Å². The van der Waals surface area contributed by atoms with Crippen molar-refractivity contribution in [2.75, 3.05) is 0 Å². The summed E-state index contributed by atoms with van der Waals surface area (Å²) < 4.78 is 8.55. The van der Waals surface area contributed by atoms with Crippen molar-refractivity contribution in [2.24, 2.45) is 11.5 Å². The first-order chi connectivity index (χ1) is 3.73. The molecule has 0 rings (SSSR count). The van der Waals surface area contributed by atoms with Gasteiger partial charge in [0.05, 0.1) is 0 Å². The number of hydrogen-bond donors (Lipinski definition) is 2. The van der Waals surface area contributed by atoms with Gasteiger partial charge in [-0.15, -0.1) is 0 Å². The van der Waals surface area contributed by atoms with Crippen molar-refractivity contribution >= 4 is 13.9 Å². The molecule has 0 aromatic rings. The Morgan fingerprint density at radius 1 is 1.22 bits per heavy atom. The maximum Gasteiger partial charge on any atom is 0.309 e. The summed E-state index contributed by atoms with van der Waals surface area (Å²) >= 11 is 0. The van der Waals surface area contributed by atoms with Gasteiger partial charge < -0.3 is 30.7 Å². The predicted octanol–water partition coefficient (Wildman–Crippen LogP) is -3.80. The molecule has 0 aromatic heterocycles. The van der Waals surface area contributed by atoms with E-state index < -0.39 is 13.9 Å². The van der Waals surface area contributed by atoms with Crippen LogP contribution in [-0.2, 0) is 4.57 Å². The molecule has 0 radical (unpaired) electrons. The Kier molecular flexibility index (Phi) is 5.33. The molecule has 0 aliphatic heterocycles. The molecule has 56 valence electrons. The lowest BCUT2D eigenvalue weighted by Gasteiger charge is -2.36. The summed E-state index contributed by atoms with van der Waals surface area (Å²) in [5, 5.41) is 0. The van der Waals surface area contributed by atoms with Gasteiger partial charge in [-0.3, -0.25) is 0 Å². The van der Waals surface area contributed by atoms with Gasteiger partial charge in [0.1, 0.15) is 0 Å². The Morgan fingerprint density at radius 2 is 1.22 bits per heavy atom. The number of primary amides is 2. The first-order valence-electron chi connectivity index (χ1n) is 1.51. The standard InChI is InChI=1S/CH4N2O.H3O4P/c2-1(3)4;1-5(2,3)4/h(H4,2,3,4);(H3,1,2,3,4)/p-3. The van der Waals surface area contributed by atoms with Crippen molar-refractivity contribution in [3.05, 3.63) is 0 Å². The van der Waals surface area contributed by atoms with E-state index in [0.717, 1.165) is 0 Å². The third-order valence-corrected chi connectivity index (χ3v) is 0. The number of hydrogen-bond acceptors (Lipinski definition) is 5. The lowest BCUT2D eigenvalue weighted by Crippen LogP contribution is -2.24. The molecular weight excluding hydrogens is 151 g/mol. The fraction of sp³-hybridized carbons (Fsp3) is 0. The topological polar surface area (TPSA) is 155 Å². The monoisotopic (exact) mass is 155 g/mol. The van der Waals surface area contributed by atoms with Crippen LogP contribution in [0.2, 0.25) is 0 Å². The van der Waals surface area contributed by atoms with Gasteiger partial charge in [-0.2, -0.15) is 7.82 Å². The fourth-order valence-electron chi connectivity index (χ4n) is 0. The molecule has 0 aromatic carbocycles. The van der Waals surface area contributed by atoms with Gasteiger partial charge in [0.25, 0.3) is 0 Å². The van der Waals surface area contributed by atoms with Gasteiger partial charge in [-0.1, -0.05) is 0 Å². The first kappa shape index (κ1) is 11.2. The normalized spacial score (nSPS) is 9.22. The summed E-state index contributed by atoms with van der Waals surface area (Å²) in [4.78, 5) is 34.6. The molecule has 2 amide bonds. The van der Waals surface area contributed by atoms with E-state index in [4.69, 9.17) is 24.0 Å². The summed E-state index contributed by atoms with van der Waals surface area (Å²) in [6.07, 6.45) is 0. The molecule has 7 nitrogen and oxygen atoms in total. The van der Waals surface area contributed by atoms with Crippen LogP contribution in [0.4, 0.5) is 4.79 Å². The molecule has 0 saturated carbocycles. The molecule has 0 fully saturated rings. The van der Waals surface area contributed by atoms with Crippen LogP contribution < -0.4 is 26.1 Å². The molecule has 0 aliphatic carbocycles. The predicted molar refractivity (Wildman–Crippen MR) is 21.4 cm³/mol. The number of nitrogens with two attached hydrogens (primary N) is 2. The van der Waals surface area contributed by atoms with Crippen LogP contribution in [0, 0.1) is 0 Å². The Bertz CT molecular complexity index is 115. The number of carbonyl (C=O) groups is 1. The second kappa shape index (κ2) is 4.28. The number of amides is 2. The fourth-order valence-corrected chi connectivity index (χ4v) is 0. The van der Waals surface area contributed by atoms with E-state index in [0.29, 0.717) is 0 Å². The highest BCUT2D eigenvalue weighted by atomic mass is 31.2. The Morgan fingerprint density at radius 3 is 1.22 bits per heavy atom. The average molecular weight is 155 g/mol. The molecule has 0 atom stereocenters. The van der Waals surface area contributed by atoms with Crippen LogP contribution in [0.1, 0.15) is 0 Å². The van der Waals surface area contributed by atoms with E-state index >= 15 is 0 Å². The maximum absolute atomic E-state index is 9.00. The lowest BCUT2D eigenvalue weighted by atomic mass is 11.2. The van der Waals surface area contributed by atoms with E-state index in [1.165, 1.54) is 0 Å². The Hall–Kier alpha value is -0.620. The highest BCUT2D eigenvalue weighted by Gasteiger charge is 1.60. The number of rotatable bonds is 0. The summed E-state index contributed by atoms with van der Waals surface area (Å²) in [6, 6.07) is -0.833. The summed E-state index contributed by atoms with van der Waals surface area (Å²) in [5.74, 6) is 0.